The molecule has 1 atom stereocenters. The Labute approximate surface area is 125 Å². The van der Waals surface area contributed by atoms with Crippen molar-refractivity contribution in [3.05, 3.63) is 28.0 Å². The van der Waals surface area contributed by atoms with Crippen molar-refractivity contribution in [2.45, 2.75) is 12.8 Å². The summed E-state index contributed by atoms with van der Waals surface area (Å²) in [5.41, 5.74) is 5.30. The summed E-state index contributed by atoms with van der Waals surface area (Å²) in [7, 11) is 0. The summed E-state index contributed by atoms with van der Waals surface area (Å²) in [6.45, 7) is 0.965. The van der Waals surface area contributed by atoms with Gasteiger partial charge in [0.25, 0.3) is 5.91 Å². The van der Waals surface area contributed by atoms with Gasteiger partial charge in [0.2, 0.25) is 5.91 Å². The van der Waals surface area contributed by atoms with Crippen LogP contribution in [-0.2, 0) is 9.59 Å². The summed E-state index contributed by atoms with van der Waals surface area (Å²) < 4.78 is 0. The van der Waals surface area contributed by atoms with Crippen LogP contribution >= 0.6 is 11.3 Å². The third-order valence-corrected chi connectivity index (χ3v) is 4.38. The lowest BCUT2D eigenvalue weighted by molar-refractivity contribution is -0.131. The van der Waals surface area contributed by atoms with Gasteiger partial charge in [0, 0.05) is 24.0 Å². The molecule has 0 aromatic carbocycles. The fraction of sp³-hybridized carbons (Fsp3) is 0.357. The first-order valence-corrected chi connectivity index (χ1v) is 7.38. The molecule has 112 valence electrons. The van der Waals surface area contributed by atoms with Gasteiger partial charge in [0.1, 0.15) is 0 Å². The zero-order valence-electron chi connectivity index (χ0n) is 11.3. The van der Waals surface area contributed by atoms with Gasteiger partial charge in [0.05, 0.1) is 10.8 Å². The minimum Gasteiger partial charge on any atom is -0.478 e. The van der Waals surface area contributed by atoms with Crippen LogP contribution < -0.4 is 5.73 Å². The van der Waals surface area contributed by atoms with Crippen LogP contribution in [-0.4, -0.2) is 40.9 Å². The van der Waals surface area contributed by atoms with Crippen molar-refractivity contribution >= 4 is 35.2 Å². The molecule has 0 saturated carbocycles. The zero-order chi connectivity index (χ0) is 15.4. The number of likely N-dealkylation sites (tertiary alicyclic amines) is 1. The Morgan fingerprint density at radius 3 is 2.81 bits per heavy atom. The van der Waals surface area contributed by atoms with Crippen LogP contribution in [0.4, 0.5) is 0 Å². The molecule has 1 unspecified atom stereocenters. The second-order valence-electron chi connectivity index (χ2n) is 4.87. The van der Waals surface area contributed by atoms with E-state index in [2.05, 4.69) is 0 Å². The van der Waals surface area contributed by atoms with Crippen LogP contribution in [0.25, 0.3) is 6.08 Å². The number of hydrogen-bond acceptors (Lipinski definition) is 4. The summed E-state index contributed by atoms with van der Waals surface area (Å²) in [6, 6.07) is 3.37. The van der Waals surface area contributed by atoms with Gasteiger partial charge in [-0.05, 0) is 31.1 Å². The molecule has 1 aliphatic rings. The first-order valence-electron chi connectivity index (χ1n) is 6.57. The van der Waals surface area contributed by atoms with Crippen LogP contribution in [0, 0.1) is 5.92 Å². The van der Waals surface area contributed by atoms with E-state index in [9.17, 15) is 14.4 Å². The number of hydrogen-bond donors (Lipinski definition) is 2. The Morgan fingerprint density at radius 1 is 1.38 bits per heavy atom. The minimum atomic E-state index is -1.03. The van der Waals surface area contributed by atoms with E-state index in [1.165, 1.54) is 17.4 Å². The lowest BCUT2D eigenvalue weighted by atomic mass is 9.97. The third-order valence-electron chi connectivity index (χ3n) is 3.34. The van der Waals surface area contributed by atoms with Crippen molar-refractivity contribution < 1.29 is 19.5 Å². The molecule has 1 saturated heterocycles. The van der Waals surface area contributed by atoms with Crippen molar-refractivity contribution in [3.8, 4) is 0 Å². The fourth-order valence-electron chi connectivity index (χ4n) is 2.26. The monoisotopic (exact) mass is 308 g/mol. The molecule has 21 heavy (non-hydrogen) atoms. The highest BCUT2D eigenvalue weighted by molar-refractivity contribution is 7.14. The van der Waals surface area contributed by atoms with E-state index in [1.54, 1.807) is 17.0 Å². The first-order chi connectivity index (χ1) is 9.97. The smallest absolute Gasteiger partial charge is 0.328 e. The average molecular weight is 308 g/mol. The van der Waals surface area contributed by atoms with Gasteiger partial charge in [-0.15, -0.1) is 11.3 Å². The highest BCUT2D eigenvalue weighted by atomic mass is 32.1. The molecular formula is C14H16N2O4S. The lowest BCUT2D eigenvalue weighted by Gasteiger charge is -2.30. The first kappa shape index (κ1) is 15.2. The lowest BCUT2D eigenvalue weighted by Crippen LogP contribution is -2.43. The molecule has 0 aliphatic carbocycles. The van der Waals surface area contributed by atoms with Gasteiger partial charge in [0.15, 0.2) is 0 Å². The van der Waals surface area contributed by atoms with Crippen LogP contribution in [0.1, 0.15) is 27.4 Å². The quantitative estimate of drug-likeness (QED) is 0.816. The number of thiophene rings is 1. The van der Waals surface area contributed by atoms with Crippen LogP contribution in [0.15, 0.2) is 18.2 Å². The van der Waals surface area contributed by atoms with Gasteiger partial charge in [-0.3, -0.25) is 9.59 Å². The Morgan fingerprint density at radius 2 is 2.14 bits per heavy atom. The molecule has 1 aromatic rings. The Kier molecular flexibility index (Phi) is 4.74. The molecule has 6 nitrogen and oxygen atoms in total. The molecule has 2 heterocycles. The second-order valence-corrected chi connectivity index (χ2v) is 5.98. The number of aliphatic carboxylic acids is 1. The number of piperidine rings is 1. The molecular weight excluding hydrogens is 292 g/mol. The number of nitrogens with two attached hydrogens (primary N) is 1. The summed E-state index contributed by atoms with van der Waals surface area (Å²) in [5, 5.41) is 8.57. The molecule has 3 N–H and O–H groups in total. The van der Waals surface area contributed by atoms with Crippen LogP contribution in [0.2, 0.25) is 0 Å². The van der Waals surface area contributed by atoms with Crippen molar-refractivity contribution in [1.82, 2.24) is 4.90 Å². The number of rotatable bonds is 4. The second kappa shape index (κ2) is 6.53. The number of nitrogens with zero attached hydrogens (tertiary/aromatic N) is 1. The van der Waals surface area contributed by atoms with Gasteiger partial charge in [-0.1, -0.05) is 0 Å². The fourth-order valence-corrected chi connectivity index (χ4v) is 3.14. The van der Waals surface area contributed by atoms with Crippen LogP contribution in [0.5, 0.6) is 0 Å². The highest BCUT2D eigenvalue weighted by Gasteiger charge is 2.28. The standard InChI is InChI=1S/C14H16N2O4S/c15-13(19)9-2-1-7-16(8-9)14(20)11-5-3-10(21-11)4-6-12(17)18/h3-6,9H,1-2,7-8H2,(H2,15,19)(H,17,18). The predicted molar refractivity (Wildman–Crippen MR) is 78.8 cm³/mol. The maximum Gasteiger partial charge on any atom is 0.328 e. The highest BCUT2D eigenvalue weighted by Crippen LogP contribution is 2.23. The Bertz CT molecular complexity index is 594. The molecule has 0 spiro atoms. The van der Waals surface area contributed by atoms with Crippen LogP contribution in [0.3, 0.4) is 0 Å². The largest absolute Gasteiger partial charge is 0.478 e. The minimum absolute atomic E-state index is 0.138. The maximum atomic E-state index is 12.4. The van der Waals surface area contributed by atoms with Crippen molar-refractivity contribution in [3.63, 3.8) is 0 Å². The number of carboxylic acids is 1. The molecule has 2 rings (SSSR count). The van der Waals surface area contributed by atoms with Crippen molar-refractivity contribution in [1.29, 1.82) is 0 Å². The van der Waals surface area contributed by atoms with E-state index in [4.69, 9.17) is 10.8 Å². The molecule has 1 aliphatic heterocycles. The van der Waals surface area contributed by atoms with E-state index in [0.29, 0.717) is 22.8 Å². The summed E-state index contributed by atoms with van der Waals surface area (Å²) in [4.78, 5) is 36.9. The SMILES string of the molecule is NC(=O)C1CCCN(C(=O)c2ccc(C=CC(=O)O)s2)C1. The molecule has 2 amide bonds. The average Bonchev–Trinajstić information content (AvgIpc) is 2.93. The number of carbonyl (C=O) groups is 3. The topological polar surface area (TPSA) is 101 Å². The van der Waals surface area contributed by atoms with Gasteiger partial charge in [-0.2, -0.15) is 0 Å². The maximum absolute atomic E-state index is 12.4. The van der Waals surface area contributed by atoms with Gasteiger partial charge in [-0.25, -0.2) is 4.79 Å². The van der Waals surface area contributed by atoms with Gasteiger partial charge >= 0.3 is 5.97 Å². The Balaban J connectivity index is 2.06. The molecule has 1 fully saturated rings. The van der Waals surface area contributed by atoms with E-state index >= 15 is 0 Å². The normalized spacial score (nSPS) is 18.9. The molecule has 7 heteroatoms. The van der Waals surface area contributed by atoms with E-state index in [-0.39, 0.29) is 17.7 Å². The van der Waals surface area contributed by atoms with E-state index < -0.39 is 5.97 Å². The number of carbonyl (C=O) groups excluding carboxylic acids is 2. The number of amides is 2. The molecule has 0 bridgehead atoms. The summed E-state index contributed by atoms with van der Waals surface area (Å²) >= 11 is 1.23. The molecule has 1 aromatic heterocycles. The van der Waals surface area contributed by atoms with Gasteiger partial charge < -0.3 is 15.7 Å². The third kappa shape index (κ3) is 3.91. The predicted octanol–water partition coefficient (Wildman–Crippen LogP) is 1.18. The van der Waals surface area contributed by atoms with Crippen molar-refractivity contribution in [2.75, 3.05) is 13.1 Å². The van der Waals surface area contributed by atoms with Crippen molar-refractivity contribution in [2.24, 2.45) is 11.7 Å². The number of primary amides is 1. The summed E-state index contributed by atoms with van der Waals surface area (Å²) in [5.74, 6) is -1.82. The molecule has 0 radical (unpaired) electrons. The Hall–Kier alpha value is -2.15. The van der Waals surface area contributed by atoms with E-state index in [0.717, 1.165) is 18.9 Å². The summed E-state index contributed by atoms with van der Waals surface area (Å²) in [6.07, 6.45) is 3.96. The number of carboxylic acid groups (broad SMARTS) is 1. The zero-order valence-corrected chi connectivity index (χ0v) is 12.1. The van der Waals surface area contributed by atoms with E-state index in [1.807, 2.05) is 0 Å².